The summed E-state index contributed by atoms with van der Waals surface area (Å²) in [5, 5.41) is 0. The lowest BCUT2D eigenvalue weighted by Gasteiger charge is -2.03. The zero-order valence-corrected chi connectivity index (χ0v) is 12.6. The molecule has 0 heterocycles. The van der Waals surface area contributed by atoms with Gasteiger partial charge in [0.2, 0.25) is 0 Å². The third kappa shape index (κ3) is 6.56. The van der Waals surface area contributed by atoms with E-state index < -0.39 is 0 Å². The fourth-order valence-electron chi connectivity index (χ4n) is 2.36. The van der Waals surface area contributed by atoms with Crippen molar-refractivity contribution in [1.82, 2.24) is 0 Å². The molecule has 0 radical (unpaired) electrons. The van der Waals surface area contributed by atoms with E-state index >= 15 is 0 Å². The zero-order chi connectivity index (χ0) is 13.9. The molecule has 106 valence electrons. The molecule has 0 bridgehead atoms. The standard InChI is InChI=1S/C18H28O/c1-3-5-6-7-8-9-11-18(19)17-14-12-16(10-4-2)13-15-17/h12-15H,3-11H2,1-2H3. The van der Waals surface area contributed by atoms with Gasteiger partial charge in [0.15, 0.2) is 5.78 Å². The quantitative estimate of drug-likeness (QED) is 0.397. The van der Waals surface area contributed by atoms with Crippen LogP contribution in [0.1, 0.15) is 81.1 Å². The maximum absolute atomic E-state index is 12.0. The molecule has 1 aromatic carbocycles. The second-order valence-corrected chi connectivity index (χ2v) is 5.39. The molecule has 0 saturated heterocycles. The number of hydrogen-bond donors (Lipinski definition) is 0. The van der Waals surface area contributed by atoms with Crippen molar-refractivity contribution < 1.29 is 4.79 Å². The Balaban J connectivity index is 2.25. The number of ketones is 1. The van der Waals surface area contributed by atoms with Crippen LogP contribution in [0, 0.1) is 0 Å². The molecule has 0 aromatic heterocycles. The summed E-state index contributed by atoms with van der Waals surface area (Å²) in [7, 11) is 0. The van der Waals surface area contributed by atoms with Crippen molar-refractivity contribution in [2.75, 3.05) is 0 Å². The van der Waals surface area contributed by atoms with Crippen molar-refractivity contribution in [2.45, 2.75) is 71.6 Å². The van der Waals surface area contributed by atoms with Crippen LogP contribution < -0.4 is 0 Å². The van der Waals surface area contributed by atoms with Gasteiger partial charge >= 0.3 is 0 Å². The van der Waals surface area contributed by atoms with Gasteiger partial charge in [-0.25, -0.2) is 0 Å². The minimum atomic E-state index is 0.304. The molecule has 0 amide bonds. The smallest absolute Gasteiger partial charge is 0.162 e. The lowest BCUT2D eigenvalue weighted by Crippen LogP contribution is -1.99. The number of carbonyl (C=O) groups excluding carboxylic acids is 1. The lowest BCUT2D eigenvalue weighted by molar-refractivity contribution is 0.0979. The Morgan fingerprint density at radius 1 is 0.842 bits per heavy atom. The van der Waals surface area contributed by atoms with Crippen molar-refractivity contribution in [1.29, 1.82) is 0 Å². The lowest BCUT2D eigenvalue weighted by atomic mass is 10.0. The number of carbonyl (C=O) groups is 1. The second-order valence-electron chi connectivity index (χ2n) is 5.39. The largest absolute Gasteiger partial charge is 0.294 e. The Bertz CT molecular complexity index is 350. The van der Waals surface area contributed by atoms with Crippen molar-refractivity contribution >= 4 is 5.78 Å². The Kier molecular flexibility index (Phi) is 8.20. The van der Waals surface area contributed by atoms with E-state index in [1.54, 1.807) is 0 Å². The summed E-state index contributed by atoms with van der Waals surface area (Å²) in [6, 6.07) is 8.17. The normalized spacial score (nSPS) is 10.6. The summed E-state index contributed by atoms with van der Waals surface area (Å²) >= 11 is 0. The molecule has 0 aliphatic rings. The predicted octanol–water partition coefficient (Wildman–Crippen LogP) is 5.57. The van der Waals surface area contributed by atoms with E-state index in [1.165, 1.54) is 37.7 Å². The first-order valence-electron chi connectivity index (χ1n) is 7.90. The molecule has 0 aliphatic heterocycles. The molecule has 0 atom stereocenters. The van der Waals surface area contributed by atoms with Crippen LogP contribution in [0.2, 0.25) is 0 Å². The number of benzene rings is 1. The third-order valence-electron chi connectivity index (χ3n) is 3.57. The van der Waals surface area contributed by atoms with Gasteiger partial charge in [0.25, 0.3) is 0 Å². The molecule has 0 unspecified atom stereocenters. The predicted molar refractivity (Wildman–Crippen MR) is 82.8 cm³/mol. The number of Topliss-reactive ketones (excluding diaryl/α,β-unsaturated/α-hetero) is 1. The molecule has 0 spiro atoms. The average Bonchev–Trinajstić information content (AvgIpc) is 2.43. The van der Waals surface area contributed by atoms with Gasteiger partial charge in [-0.2, -0.15) is 0 Å². The number of rotatable bonds is 10. The Hall–Kier alpha value is -1.11. The molecule has 0 N–H and O–H groups in total. The van der Waals surface area contributed by atoms with Gasteiger partial charge in [-0.05, 0) is 18.4 Å². The summed E-state index contributed by atoms with van der Waals surface area (Å²) in [5.41, 5.74) is 2.21. The van der Waals surface area contributed by atoms with Gasteiger partial charge in [0, 0.05) is 12.0 Å². The molecule has 1 nitrogen and oxygen atoms in total. The van der Waals surface area contributed by atoms with Crippen molar-refractivity contribution in [3.8, 4) is 0 Å². The molecule has 0 saturated carbocycles. The summed E-state index contributed by atoms with van der Waals surface area (Å²) in [6.07, 6.45) is 10.4. The van der Waals surface area contributed by atoms with Crippen LogP contribution in [0.25, 0.3) is 0 Å². The van der Waals surface area contributed by atoms with Crippen LogP contribution in [0.5, 0.6) is 0 Å². The van der Waals surface area contributed by atoms with Crippen LogP contribution in [-0.4, -0.2) is 5.78 Å². The minimum absolute atomic E-state index is 0.304. The minimum Gasteiger partial charge on any atom is -0.294 e. The van der Waals surface area contributed by atoms with Gasteiger partial charge in [-0.15, -0.1) is 0 Å². The first-order valence-corrected chi connectivity index (χ1v) is 7.90. The monoisotopic (exact) mass is 260 g/mol. The van der Waals surface area contributed by atoms with Crippen molar-refractivity contribution in [2.24, 2.45) is 0 Å². The fourth-order valence-corrected chi connectivity index (χ4v) is 2.36. The van der Waals surface area contributed by atoms with Crippen molar-refractivity contribution in [3.63, 3.8) is 0 Å². The molecule has 0 fully saturated rings. The van der Waals surface area contributed by atoms with Crippen LogP contribution in [0.4, 0.5) is 0 Å². The van der Waals surface area contributed by atoms with E-state index in [-0.39, 0.29) is 0 Å². The fraction of sp³-hybridized carbons (Fsp3) is 0.611. The van der Waals surface area contributed by atoms with Gasteiger partial charge in [-0.1, -0.05) is 76.6 Å². The molecular weight excluding hydrogens is 232 g/mol. The molecule has 1 heteroatoms. The summed E-state index contributed by atoms with van der Waals surface area (Å²) in [4.78, 5) is 12.0. The highest BCUT2D eigenvalue weighted by Gasteiger charge is 2.05. The first kappa shape index (κ1) is 15.9. The Morgan fingerprint density at radius 2 is 1.47 bits per heavy atom. The van der Waals surface area contributed by atoms with E-state index in [0.29, 0.717) is 12.2 Å². The van der Waals surface area contributed by atoms with Crippen LogP contribution >= 0.6 is 0 Å². The summed E-state index contributed by atoms with van der Waals surface area (Å²) in [6.45, 7) is 4.41. The highest BCUT2D eigenvalue weighted by molar-refractivity contribution is 5.96. The maximum Gasteiger partial charge on any atom is 0.162 e. The number of hydrogen-bond acceptors (Lipinski definition) is 1. The summed E-state index contributed by atoms with van der Waals surface area (Å²) in [5.74, 6) is 0.304. The molecule has 1 rings (SSSR count). The zero-order valence-electron chi connectivity index (χ0n) is 12.6. The van der Waals surface area contributed by atoms with Gasteiger partial charge in [-0.3, -0.25) is 4.79 Å². The third-order valence-corrected chi connectivity index (χ3v) is 3.57. The second kappa shape index (κ2) is 9.77. The van der Waals surface area contributed by atoms with E-state index in [1.807, 2.05) is 12.1 Å². The van der Waals surface area contributed by atoms with Crippen LogP contribution in [0.15, 0.2) is 24.3 Å². The van der Waals surface area contributed by atoms with Gasteiger partial charge in [0.1, 0.15) is 0 Å². The van der Waals surface area contributed by atoms with Gasteiger partial charge in [0.05, 0.1) is 0 Å². The SMILES string of the molecule is CCCCCCCCC(=O)c1ccc(CCC)cc1. The summed E-state index contributed by atoms with van der Waals surface area (Å²) < 4.78 is 0. The highest BCUT2D eigenvalue weighted by Crippen LogP contribution is 2.12. The van der Waals surface area contributed by atoms with Gasteiger partial charge < -0.3 is 0 Å². The van der Waals surface area contributed by atoms with E-state index in [9.17, 15) is 4.79 Å². The van der Waals surface area contributed by atoms with Crippen LogP contribution in [0.3, 0.4) is 0 Å². The molecule has 19 heavy (non-hydrogen) atoms. The topological polar surface area (TPSA) is 17.1 Å². The average molecular weight is 260 g/mol. The van der Waals surface area contributed by atoms with E-state index in [0.717, 1.165) is 24.8 Å². The van der Waals surface area contributed by atoms with Crippen molar-refractivity contribution in [3.05, 3.63) is 35.4 Å². The maximum atomic E-state index is 12.0. The van der Waals surface area contributed by atoms with E-state index in [4.69, 9.17) is 0 Å². The molecule has 1 aromatic rings. The molecular formula is C18H28O. The highest BCUT2D eigenvalue weighted by atomic mass is 16.1. The number of aryl methyl sites for hydroxylation is 1. The first-order chi connectivity index (χ1) is 9.27. The Morgan fingerprint density at radius 3 is 2.11 bits per heavy atom. The molecule has 0 aliphatic carbocycles. The Labute approximate surface area is 118 Å². The van der Waals surface area contributed by atoms with Crippen LogP contribution in [-0.2, 0) is 6.42 Å². The number of unbranched alkanes of at least 4 members (excludes halogenated alkanes) is 5. The van der Waals surface area contributed by atoms with E-state index in [2.05, 4.69) is 26.0 Å².